The van der Waals surface area contributed by atoms with Crippen LogP contribution in [0, 0.1) is 20.6 Å². The van der Waals surface area contributed by atoms with E-state index >= 15 is 0 Å². The predicted molar refractivity (Wildman–Crippen MR) is 108 cm³/mol. The van der Waals surface area contributed by atoms with Crippen molar-refractivity contribution in [3.05, 3.63) is 116 Å². The number of hydrogen-bond donors (Lipinski definition) is 1. The van der Waals surface area contributed by atoms with Crippen LogP contribution in [0.2, 0.25) is 5.02 Å². The summed E-state index contributed by atoms with van der Waals surface area (Å²) in [4.78, 5) is 48.2. The summed E-state index contributed by atoms with van der Waals surface area (Å²) in [5.41, 5.74) is 1.11. The molecule has 1 N–H and O–H groups in total. The lowest BCUT2D eigenvalue weighted by atomic mass is 10.0. The number of benzene rings is 2. The van der Waals surface area contributed by atoms with Gasteiger partial charge in [0.15, 0.2) is 16.3 Å². The summed E-state index contributed by atoms with van der Waals surface area (Å²) in [7, 11) is 0. The van der Waals surface area contributed by atoms with E-state index in [0.717, 1.165) is 12.1 Å². The van der Waals surface area contributed by atoms with Gasteiger partial charge in [-0.3, -0.25) is 29.9 Å². The maximum Gasteiger partial charge on any atom is 0.271 e. The molecule has 29 heavy (non-hydrogen) atoms. The molecule has 0 atom stereocenters. The normalized spacial score (nSPS) is 11.8. The van der Waals surface area contributed by atoms with Gasteiger partial charge < -0.3 is 0 Å². The van der Waals surface area contributed by atoms with Crippen LogP contribution in [0.25, 0.3) is 10.8 Å². The topological polar surface area (TPSA) is 119 Å². The Morgan fingerprint density at radius 3 is 2.17 bits per heavy atom. The third-order valence-electron chi connectivity index (χ3n) is 4.48. The molecule has 0 amide bonds. The number of fused-ring (bicyclic) bond motifs is 1. The molecule has 142 valence electrons. The standard InChI is InChI=1S/C20H10ClN3O5/c21-13-9-10(24(28)29)5-6-14(13)22-23-15-7-8-16(25)18-17(15)19(26)11-3-1-2-4-12(11)20(18)27/h1-9,22H. The monoisotopic (exact) mass is 407 g/mol. The minimum atomic E-state index is -0.585. The van der Waals surface area contributed by atoms with Gasteiger partial charge in [0, 0.05) is 22.9 Å². The number of nitrogens with one attached hydrogen (secondary N) is 1. The van der Waals surface area contributed by atoms with Crippen LogP contribution in [0.15, 0.2) is 74.1 Å². The second kappa shape index (κ2) is 6.92. The van der Waals surface area contributed by atoms with Gasteiger partial charge in [0.2, 0.25) is 0 Å². The van der Waals surface area contributed by atoms with Gasteiger partial charge in [-0.1, -0.05) is 35.9 Å². The van der Waals surface area contributed by atoms with Crippen molar-refractivity contribution in [1.82, 2.24) is 0 Å². The molecule has 2 aromatic rings. The first-order chi connectivity index (χ1) is 13.9. The molecule has 0 saturated carbocycles. The zero-order valence-corrected chi connectivity index (χ0v) is 15.3. The minimum Gasteiger partial charge on any atom is -0.289 e. The number of non-ortho nitro benzene ring substituents is 1. The molecule has 0 unspecified atom stereocenters. The fourth-order valence-electron chi connectivity index (χ4n) is 3.10. The third-order valence-corrected chi connectivity index (χ3v) is 4.79. The first kappa shape index (κ1) is 18.5. The van der Waals surface area contributed by atoms with E-state index in [-0.39, 0.29) is 43.0 Å². The first-order valence-electron chi connectivity index (χ1n) is 8.31. The smallest absolute Gasteiger partial charge is 0.271 e. The molecule has 4 rings (SSSR count). The molecule has 0 aromatic heterocycles. The number of anilines is 1. The Morgan fingerprint density at radius 2 is 1.55 bits per heavy atom. The summed E-state index contributed by atoms with van der Waals surface area (Å²) in [5, 5.41) is 15.1. The van der Waals surface area contributed by atoms with Crippen LogP contribution in [-0.4, -0.2) is 4.92 Å². The molecule has 8 nitrogen and oxygen atoms in total. The lowest BCUT2D eigenvalue weighted by Crippen LogP contribution is -2.28. The van der Waals surface area contributed by atoms with E-state index in [1.807, 2.05) is 0 Å². The fourth-order valence-corrected chi connectivity index (χ4v) is 3.32. The number of nitro groups is 1. The molecule has 0 saturated heterocycles. The Hall–Kier alpha value is -3.91. The lowest BCUT2D eigenvalue weighted by Gasteiger charge is -2.03. The third kappa shape index (κ3) is 3.05. The van der Waals surface area contributed by atoms with Gasteiger partial charge in [-0.05, 0) is 18.2 Å². The van der Waals surface area contributed by atoms with Crippen LogP contribution >= 0.6 is 11.6 Å². The molecule has 2 aliphatic rings. The SMILES string of the molecule is O=c1ccc(=NNc2ccc([N+](=O)[O-])cc2Cl)c2c(=O)c3ccccc3c(=O)c1=2. The van der Waals surface area contributed by atoms with E-state index in [4.69, 9.17) is 11.6 Å². The zero-order valence-electron chi connectivity index (χ0n) is 14.5. The van der Waals surface area contributed by atoms with E-state index in [2.05, 4.69) is 10.5 Å². The molecule has 0 fully saturated rings. The van der Waals surface area contributed by atoms with Gasteiger partial charge in [-0.25, -0.2) is 0 Å². The van der Waals surface area contributed by atoms with E-state index in [0.29, 0.717) is 0 Å². The number of nitrogens with zero attached hydrogens (tertiary/aromatic N) is 2. The second-order valence-electron chi connectivity index (χ2n) is 6.18. The summed E-state index contributed by atoms with van der Waals surface area (Å²) in [5.74, 6) is 0. The summed E-state index contributed by atoms with van der Waals surface area (Å²) in [6.45, 7) is 0. The van der Waals surface area contributed by atoms with Crippen molar-refractivity contribution < 1.29 is 4.92 Å². The van der Waals surface area contributed by atoms with Crippen LogP contribution in [-0.2, 0) is 0 Å². The van der Waals surface area contributed by atoms with Gasteiger partial charge in [0.05, 0.1) is 31.4 Å². The Kier molecular flexibility index (Phi) is 4.40. The van der Waals surface area contributed by atoms with Gasteiger partial charge in [0.1, 0.15) is 0 Å². The molecule has 0 aliphatic heterocycles. The van der Waals surface area contributed by atoms with Crippen molar-refractivity contribution in [2.24, 2.45) is 5.10 Å². The summed E-state index contributed by atoms with van der Waals surface area (Å²) in [6.07, 6.45) is 0. The molecular weight excluding hydrogens is 398 g/mol. The van der Waals surface area contributed by atoms with Crippen LogP contribution in [0.5, 0.6) is 0 Å². The minimum absolute atomic E-state index is 0.0463. The largest absolute Gasteiger partial charge is 0.289 e. The summed E-state index contributed by atoms with van der Waals surface area (Å²) >= 11 is 6.03. The molecular formula is C20H10ClN3O5. The molecule has 2 aromatic carbocycles. The van der Waals surface area contributed by atoms with E-state index in [9.17, 15) is 24.5 Å². The van der Waals surface area contributed by atoms with E-state index in [1.165, 1.54) is 30.3 Å². The summed E-state index contributed by atoms with van der Waals surface area (Å²) in [6, 6.07) is 12.5. The van der Waals surface area contributed by atoms with Crippen LogP contribution in [0.1, 0.15) is 0 Å². The number of rotatable bonds is 3. The highest BCUT2D eigenvalue weighted by Crippen LogP contribution is 2.26. The molecule has 0 spiro atoms. The molecule has 0 radical (unpaired) electrons. The average Bonchev–Trinajstić information content (AvgIpc) is 2.71. The average molecular weight is 408 g/mol. The first-order valence-corrected chi connectivity index (χ1v) is 8.69. The van der Waals surface area contributed by atoms with E-state index < -0.39 is 21.2 Å². The van der Waals surface area contributed by atoms with Gasteiger partial charge in [-0.15, -0.1) is 0 Å². The zero-order chi connectivity index (χ0) is 20.7. The highest BCUT2D eigenvalue weighted by Gasteiger charge is 2.12. The van der Waals surface area contributed by atoms with Crippen molar-refractivity contribution >= 4 is 33.7 Å². The maximum absolute atomic E-state index is 12.9. The Balaban J connectivity index is 2.00. The quantitative estimate of drug-likeness (QED) is 0.410. The predicted octanol–water partition coefficient (Wildman–Crippen LogP) is 2.01. The Labute approximate surface area is 165 Å². The molecule has 0 heterocycles. The Morgan fingerprint density at radius 1 is 0.897 bits per heavy atom. The molecule has 2 aliphatic carbocycles. The van der Waals surface area contributed by atoms with Gasteiger partial charge in [-0.2, -0.15) is 5.10 Å². The van der Waals surface area contributed by atoms with Crippen molar-refractivity contribution in [3.63, 3.8) is 0 Å². The van der Waals surface area contributed by atoms with Crippen molar-refractivity contribution in [1.29, 1.82) is 0 Å². The highest BCUT2D eigenvalue weighted by molar-refractivity contribution is 6.33. The molecule has 0 bridgehead atoms. The lowest BCUT2D eigenvalue weighted by molar-refractivity contribution is -0.384. The molecule has 9 heteroatoms. The second-order valence-corrected chi connectivity index (χ2v) is 6.59. The van der Waals surface area contributed by atoms with Crippen LogP contribution in [0.4, 0.5) is 11.4 Å². The van der Waals surface area contributed by atoms with Crippen LogP contribution < -0.4 is 27.1 Å². The Bertz CT molecular complexity index is 1590. The maximum atomic E-state index is 12.9. The van der Waals surface area contributed by atoms with Crippen molar-refractivity contribution in [2.45, 2.75) is 0 Å². The van der Waals surface area contributed by atoms with Crippen molar-refractivity contribution in [2.75, 3.05) is 5.43 Å². The van der Waals surface area contributed by atoms with Crippen LogP contribution in [0.3, 0.4) is 0 Å². The highest BCUT2D eigenvalue weighted by atomic mass is 35.5. The fraction of sp³-hybridized carbons (Fsp3) is 0. The number of halogens is 1. The van der Waals surface area contributed by atoms with E-state index in [1.54, 1.807) is 12.1 Å². The van der Waals surface area contributed by atoms with Gasteiger partial charge >= 0.3 is 0 Å². The number of nitro benzene ring substituents is 1. The van der Waals surface area contributed by atoms with Gasteiger partial charge in [0.25, 0.3) is 5.69 Å². The number of hydrogen-bond acceptors (Lipinski definition) is 7. The summed E-state index contributed by atoms with van der Waals surface area (Å²) < 4.78 is 0. The van der Waals surface area contributed by atoms with Crippen molar-refractivity contribution in [3.8, 4) is 0 Å².